The number of ether oxygens (including phenoxy) is 2. The van der Waals surface area contributed by atoms with Crippen LogP contribution in [0.3, 0.4) is 0 Å². The van der Waals surface area contributed by atoms with Gasteiger partial charge < -0.3 is 29.3 Å². The normalized spacial score (nSPS) is 29.4. The summed E-state index contributed by atoms with van der Waals surface area (Å²) in [6, 6.07) is 15.4. The summed E-state index contributed by atoms with van der Waals surface area (Å²) in [5, 5.41) is 11.0. The van der Waals surface area contributed by atoms with Crippen LogP contribution in [0.4, 0.5) is 5.69 Å². The lowest BCUT2D eigenvalue weighted by Gasteiger charge is -2.42. The number of anilines is 1. The number of hydrogen-bond donors (Lipinski definition) is 1. The van der Waals surface area contributed by atoms with Crippen LogP contribution in [-0.4, -0.2) is 88.3 Å². The average Bonchev–Trinajstić information content (AvgIpc) is 3.65. The quantitative estimate of drug-likeness (QED) is 0.262. The number of amides is 3. The molecule has 4 aliphatic rings. The summed E-state index contributed by atoms with van der Waals surface area (Å²) in [5.74, 6) is -1.91. The zero-order valence-corrected chi connectivity index (χ0v) is 29.8. The van der Waals surface area contributed by atoms with Crippen molar-refractivity contribution in [2.24, 2.45) is 17.8 Å². The van der Waals surface area contributed by atoms with Gasteiger partial charge in [-0.2, -0.15) is 0 Å². The minimum absolute atomic E-state index is 0.0233. The van der Waals surface area contributed by atoms with Gasteiger partial charge in [0, 0.05) is 24.8 Å². The number of aliphatic hydroxyl groups is 1. The standard InChI is InChI=1S/C41H53N3O6/c1-6-23-42(31-19-21-33(22-20-31)49-8-3)37(46)34-35-38(47)44(32(27-45)25-29-15-11-9-12-16-29)36(41(35)26-28(4)40(34,5)50-41)39(48)43(24-7-2)30-17-13-10-14-18-30/h6-7,9,11-12,15-16,19-22,28,30,32,34-36,45H,1-2,8,10,13-14,17-18,23-27H2,3-5H3/t28?,32-,34-,35+,36?,40+,41?/m1/s1. The van der Waals surface area contributed by atoms with Gasteiger partial charge in [-0.15, -0.1) is 13.2 Å². The average molecular weight is 684 g/mol. The molecule has 3 saturated heterocycles. The van der Waals surface area contributed by atoms with Crippen molar-refractivity contribution in [1.82, 2.24) is 9.80 Å². The minimum atomic E-state index is -1.24. The van der Waals surface area contributed by atoms with Gasteiger partial charge in [0.2, 0.25) is 17.7 Å². The second kappa shape index (κ2) is 14.7. The number of nitrogens with zero attached hydrogens (tertiary/aromatic N) is 3. The van der Waals surface area contributed by atoms with E-state index in [1.54, 1.807) is 22.0 Å². The molecule has 9 heteroatoms. The fourth-order valence-corrected chi connectivity index (χ4v) is 9.48. The van der Waals surface area contributed by atoms with Crippen LogP contribution < -0.4 is 9.64 Å². The van der Waals surface area contributed by atoms with Crippen molar-refractivity contribution in [2.45, 2.75) is 95.0 Å². The van der Waals surface area contributed by atoms with E-state index in [0.717, 1.165) is 37.7 Å². The van der Waals surface area contributed by atoms with Crippen molar-refractivity contribution in [3.63, 3.8) is 0 Å². The largest absolute Gasteiger partial charge is 0.494 e. The minimum Gasteiger partial charge on any atom is -0.494 e. The SMILES string of the molecule is C=CCN(C(=O)[C@H]1[C@H]2C(=O)N([C@@H](CO)Cc3ccccc3)C(C(=O)N(CC=C)C3CCCCC3)C23CC(C)[C@]1(C)O3)c1ccc(OCC)cc1. The van der Waals surface area contributed by atoms with Gasteiger partial charge >= 0.3 is 0 Å². The van der Waals surface area contributed by atoms with E-state index >= 15 is 14.4 Å². The predicted octanol–water partition coefficient (Wildman–Crippen LogP) is 5.57. The van der Waals surface area contributed by atoms with Crippen LogP contribution in [-0.2, 0) is 25.5 Å². The third-order valence-electron chi connectivity index (χ3n) is 11.8. The van der Waals surface area contributed by atoms with Gasteiger partial charge in [0.1, 0.15) is 17.4 Å². The third-order valence-corrected chi connectivity index (χ3v) is 11.8. The fraction of sp³-hybridized carbons (Fsp3) is 0.537. The van der Waals surface area contributed by atoms with Crippen LogP contribution in [0.5, 0.6) is 5.75 Å². The highest BCUT2D eigenvalue weighted by Gasteiger charge is 2.80. The highest BCUT2D eigenvalue weighted by molar-refractivity contribution is 6.03. The molecular weight excluding hydrogens is 630 g/mol. The van der Waals surface area contributed by atoms with Crippen molar-refractivity contribution < 1.29 is 29.0 Å². The second-order valence-electron chi connectivity index (χ2n) is 14.7. The topological polar surface area (TPSA) is 99.6 Å². The van der Waals surface area contributed by atoms with Crippen molar-refractivity contribution >= 4 is 23.4 Å². The molecule has 1 aliphatic carbocycles. The highest BCUT2D eigenvalue weighted by atomic mass is 16.5. The van der Waals surface area contributed by atoms with E-state index in [0.29, 0.717) is 37.4 Å². The number of carbonyl (C=O) groups excluding carboxylic acids is 3. The van der Waals surface area contributed by atoms with E-state index in [4.69, 9.17) is 9.47 Å². The smallest absolute Gasteiger partial charge is 0.248 e. The lowest BCUT2D eigenvalue weighted by molar-refractivity contribution is -0.157. The molecule has 2 aromatic carbocycles. The Morgan fingerprint density at radius 1 is 1.04 bits per heavy atom. The van der Waals surface area contributed by atoms with E-state index in [1.807, 2.05) is 73.3 Å². The number of rotatable bonds is 14. The molecule has 50 heavy (non-hydrogen) atoms. The highest BCUT2D eigenvalue weighted by Crippen LogP contribution is 2.66. The summed E-state index contributed by atoms with van der Waals surface area (Å²) in [4.78, 5) is 50.6. The lowest BCUT2D eigenvalue weighted by atomic mass is 9.62. The maximum atomic E-state index is 15.2. The van der Waals surface area contributed by atoms with Gasteiger partial charge in [-0.3, -0.25) is 14.4 Å². The van der Waals surface area contributed by atoms with Gasteiger partial charge in [-0.1, -0.05) is 68.7 Å². The molecular formula is C41H53N3O6. The van der Waals surface area contributed by atoms with Gasteiger partial charge in [-0.25, -0.2) is 0 Å². The molecule has 4 fully saturated rings. The Labute approximate surface area is 296 Å². The molecule has 2 bridgehead atoms. The van der Waals surface area contributed by atoms with Gasteiger partial charge in [-0.05, 0) is 75.3 Å². The Morgan fingerprint density at radius 3 is 2.34 bits per heavy atom. The molecule has 1 spiro atoms. The van der Waals surface area contributed by atoms with Crippen LogP contribution in [0.2, 0.25) is 0 Å². The molecule has 6 rings (SSSR count). The Bertz CT molecular complexity index is 1560. The lowest BCUT2D eigenvalue weighted by Crippen LogP contribution is -2.60. The fourth-order valence-electron chi connectivity index (χ4n) is 9.48. The number of hydrogen-bond acceptors (Lipinski definition) is 6. The summed E-state index contributed by atoms with van der Waals surface area (Å²) in [5.41, 5.74) is -0.622. The first-order valence-corrected chi connectivity index (χ1v) is 18.4. The number of fused-ring (bicyclic) bond motifs is 1. The summed E-state index contributed by atoms with van der Waals surface area (Å²) < 4.78 is 12.8. The zero-order chi connectivity index (χ0) is 35.6. The van der Waals surface area contributed by atoms with E-state index in [9.17, 15) is 5.11 Å². The van der Waals surface area contributed by atoms with Gasteiger partial charge in [0.25, 0.3) is 0 Å². The molecule has 3 amide bonds. The molecule has 0 radical (unpaired) electrons. The number of benzene rings is 2. The van der Waals surface area contributed by atoms with Gasteiger partial charge in [0.15, 0.2) is 0 Å². The molecule has 0 aromatic heterocycles. The van der Waals surface area contributed by atoms with Crippen LogP contribution in [0.15, 0.2) is 79.9 Å². The maximum absolute atomic E-state index is 15.2. The maximum Gasteiger partial charge on any atom is 0.248 e. The molecule has 3 unspecified atom stereocenters. The van der Waals surface area contributed by atoms with Crippen molar-refractivity contribution in [3.8, 4) is 5.75 Å². The first-order chi connectivity index (χ1) is 24.1. The molecule has 1 N–H and O–H groups in total. The van der Waals surface area contributed by atoms with E-state index in [-0.39, 0.29) is 42.8 Å². The zero-order valence-electron chi connectivity index (χ0n) is 29.8. The molecule has 3 heterocycles. The predicted molar refractivity (Wildman–Crippen MR) is 194 cm³/mol. The van der Waals surface area contributed by atoms with Gasteiger partial charge in [0.05, 0.1) is 36.7 Å². The number of aliphatic hydroxyl groups excluding tert-OH is 1. The molecule has 2 aromatic rings. The summed E-state index contributed by atoms with van der Waals surface area (Å²) in [6.45, 7) is 14.6. The Balaban J connectivity index is 1.45. The number of carbonyl (C=O) groups is 3. The molecule has 3 aliphatic heterocycles. The van der Waals surface area contributed by atoms with Crippen molar-refractivity contribution in [3.05, 3.63) is 85.5 Å². The van der Waals surface area contributed by atoms with Crippen molar-refractivity contribution in [1.29, 1.82) is 0 Å². The Hall–Kier alpha value is -3.95. The van der Waals surface area contributed by atoms with E-state index in [1.165, 1.54) is 0 Å². The van der Waals surface area contributed by atoms with Crippen LogP contribution in [0, 0.1) is 17.8 Å². The van der Waals surface area contributed by atoms with Crippen LogP contribution >= 0.6 is 0 Å². The van der Waals surface area contributed by atoms with Crippen LogP contribution in [0.25, 0.3) is 0 Å². The number of likely N-dealkylation sites (tertiary alicyclic amines) is 1. The molecule has 7 atom stereocenters. The molecule has 9 nitrogen and oxygen atoms in total. The first kappa shape index (κ1) is 35.9. The second-order valence-corrected chi connectivity index (χ2v) is 14.7. The monoisotopic (exact) mass is 683 g/mol. The van der Waals surface area contributed by atoms with E-state index < -0.39 is 35.1 Å². The third kappa shape index (κ3) is 6.06. The summed E-state index contributed by atoms with van der Waals surface area (Å²) >= 11 is 0. The summed E-state index contributed by atoms with van der Waals surface area (Å²) in [6.07, 6.45) is 9.23. The van der Waals surface area contributed by atoms with Crippen LogP contribution in [0.1, 0.15) is 64.9 Å². The van der Waals surface area contributed by atoms with E-state index in [2.05, 4.69) is 20.1 Å². The first-order valence-electron chi connectivity index (χ1n) is 18.4. The Morgan fingerprint density at radius 2 is 1.72 bits per heavy atom. The Kier molecular flexibility index (Phi) is 10.6. The van der Waals surface area contributed by atoms with Crippen molar-refractivity contribution in [2.75, 3.05) is 31.2 Å². The molecule has 268 valence electrons. The summed E-state index contributed by atoms with van der Waals surface area (Å²) in [7, 11) is 0. The molecule has 1 saturated carbocycles.